The molecule has 0 aliphatic carbocycles. The average Bonchev–Trinajstić information content (AvgIpc) is 2.84. The summed E-state index contributed by atoms with van der Waals surface area (Å²) in [6, 6.07) is 13.0. The van der Waals surface area contributed by atoms with Crippen molar-refractivity contribution >= 4 is 39.1 Å². The highest BCUT2D eigenvalue weighted by molar-refractivity contribution is 9.10. The molecule has 1 unspecified atom stereocenters. The Hall–Kier alpha value is -1.40. The highest BCUT2D eigenvalue weighted by Crippen LogP contribution is 2.41. The average molecular weight is 423 g/mol. The number of hydrogen-bond acceptors (Lipinski definition) is 3. The Morgan fingerprint density at radius 3 is 2.64 bits per heavy atom. The molecule has 4 nitrogen and oxygen atoms in total. The van der Waals surface area contributed by atoms with Crippen LogP contribution in [0.5, 0.6) is 0 Å². The van der Waals surface area contributed by atoms with Crippen LogP contribution in [0.25, 0.3) is 0 Å². The fraction of sp³-hybridized carbons (Fsp3) is 0.316. The van der Waals surface area contributed by atoms with Crippen LogP contribution in [-0.4, -0.2) is 25.7 Å². The summed E-state index contributed by atoms with van der Waals surface area (Å²) >= 11 is 9.44. The third kappa shape index (κ3) is 3.10. The van der Waals surface area contributed by atoms with Crippen LogP contribution in [0.3, 0.4) is 0 Å². The molecule has 130 valence electrons. The summed E-state index contributed by atoms with van der Waals surface area (Å²) in [5, 5.41) is 0.632. The van der Waals surface area contributed by atoms with Gasteiger partial charge in [0.2, 0.25) is 0 Å². The van der Waals surface area contributed by atoms with E-state index in [2.05, 4.69) is 22.9 Å². The fourth-order valence-corrected chi connectivity index (χ4v) is 3.62. The maximum absolute atomic E-state index is 13.0. The minimum atomic E-state index is -0.450. The molecule has 6 heteroatoms. The molecule has 0 spiro atoms. The van der Waals surface area contributed by atoms with Crippen LogP contribution in [0.1, 0.15) is 29.1 Å². The number of carbonyl (C=O) groups excluding carboxylic acids is 1. The van der Waals surface area contributed by atoms with E-state index in [0.29, 0.717) is 30.4 Å². The lowest BCUT2D eigenvalue weighted by Gasteiger charge is -2.39. The molecule has 25 heavy (non-hydrogen) atoms. The second-order valence-electron chi connectivity index (χ2n) is 6.85. The monoisotopic (exact) mass is 421 g/mol. The summed E-state index contributed by atoms with van der Waals surface area (Å²) in [6.45, 7) is 4.02. The molecule has 2 heterocycles. The SMILES string of the molecule is CC1(COC2c3ccc(Br)cc3C(=O)N2c2ccc(Cl)cc2)COC1. The van der Waals surface area contributed by atoms with Gasteiger partial charge in [-0.3, -0.25) is 9.69 Å². The van der Waals surface area contributed by atoms with Gasteiger partial charge >= 0.3 is 0 Å². The summed E-state index contributed by atoms with van der Waals surface area (Å²) in [6.07, 6.45) is -0.450. The van der Waals surface area contributed by atoms with Crippen molar-refractivity contribution in [1.82, 2.24) is 0 Å². The summed E-state index contributed by atoms with van der Waals surface area (Å²) in [5.41, 5.74) is 2.31. The first-order valence-electron chi connectivity index (χ1n) is 8.05. The molecule has 4 rings (SSSR count). The fourth-order valence-electron chi connectivity index (χ4n) is 3.14. The molecule has 1 amide bonds. The van der Waals surface area contributed by atoms with Crippen LogP contribution in [0.2, 0.25) is 5.02 Å². The zero-order valence-electron chi connectivity index (χ0n) is 13.7. The first-order valence-corrected chi connectivity index (χ1v) is 9.22. The lowest BCUT2D eigenvalue weighted by molar-refractivity contribution is -0.148. The van der Waals surface area contributed by atoms with Gasteiger partial charge in [-0.1, -0.05) is 40.5 Å². The number of benzene rings is 2. The Labute approximate surface area is 159 Å². The molecule has 1 atom stereocenters. The van der Waals surface area contributed by atoms with Crippen LogP contribution in [0.15, 0.2) is 46.9 Å². The number of anilines is 1. The predicted octanol–water partition coefficient (Wildman–Crippen LogP) is 4.81. The third-order valence-electron chi connectivity index (χ3n) is 4.56. The molecule has 0 N–H and O–H groups in total. The molecule has 0 saturated carbocycles. The van der Waals surface area contributed by atoms with Gasteiger partial charge in [0, 0.05) is 31.7 Å². The van der Waals surface area contributed by atoms with Crippen molar-refractivity contribution in [3.8, 4) is 0 Å². The smallest absolute Gasteiger partial charge is 0.261 e. The van der Waals surface area contributed by atoms with E-state index in [1.807, 2.05) is 30.3 Å². The molecule has 2 aliphatic rings. The number of hydrogen-bond donors (Lipinski definition) is 0. The first-order chi connectivity index (χ1) is 12.0. The second kappa shape index (κ2) is 6.40. The van der Waals surface area contributed by atoms with Crippen molar-refractivity contribution in [3.05, 3.63) is 63.1 Å². The van der Waals surface area contributed by atoms with Crippen molar-refractivity contribution in [1.29, 1.82) is 0 Å². The van der Waals surface area contributed by atoms with Gasteiger partial charge in [0.25, 0.3) is 5.91 Å². The van der Waals surface area contributed by atoms with Gasteiger partial charge in [-0.05, 0) is 36.4 Å². The summed E-state index contributed by atoms with van der Waals surface area (Å²) in [5.74, 6) is -0.0707. The lowest BCUT2D eigenvalue weighted by Crippen LogP contribution is -2.44. The zero-order chi connectivity index (χ0) is 17.6. The van der Waals surface area contributed by atoms with Crippen LogP contribution in [-0.2, 0) is 9.47 Å². The number of nitrogens with zero attached hydrogens (tertiary/aromatic N) is 1. The highest BCUT2D eigenvalue weighted by Gasteiger charge is 2.41. The van der Waals surface area contributed by atoms with E-state index in [9.17, 15) is 4.79 Å². The molecular weight excluding hydrogens is 406 g/mol. The Kier molecular flexibility index (Phi) is 4.36. The number of ether oxygens (including phenoxy) is 2. The number of rotatable bonds is 4. The van der Waals surface area contributed by atoms with Crippen molar-refractivity contribution < 1.29 is 14.3 Å². The normalized spacial score (nSPS) is 21.2. The van der Waals surface area contributed by atoms with E-state index < -0.39 is 6.23 Å². The standard InChI is InChI=1S/C19H17BrClNO3/c1-19(9-24-10-19)11-25-18-15-7-2-12(20)8-16(15)17(23)22(18)14-5-3-13(21)4-6-14/h2-8,18H,9-11H2,1H3. The van der Waals surface area contributed by atoms with Crippen LogP contribution < -0.4 is 4.90 Å². The largest absolute Gasteiger partial charge is 0.380 e. The molecule has 0 bridgehead atoms. The van der Waals surface area contributed by atoms with E-state index in [1.54, 1.807) is 17.0 Å². The Bertz CT molecular complexity index is 820. The number of fused-ring (bicyclic) bond motifs is 1. The Balaban J connectivity index is 1.70. The van der Waals surface area contributed by atoms with E-state index in [1.165, 1.54) is 0 Å². The lowest BCUT2D eigenvalue weighted by atomic mass is 9.90. The number of carbonyl (C=O) groups is 1. The first kappa shape index (κ1) is 17.0. The van der Waals surface area contributed by atoms with Gasteiger partial charge in [-0.15, -0.1) is 0 Å². The van der Waals surface area contributed by atoms with Crippen molar-refractivity contribution in [2.75, 3.05) is 24.7 Å². The maximum Gasteiger partial charge on any atom is 0.261 e. The van der Waals surface area contributed by atoms with Crippen molar-refractivity contribution in [2.24, 2.45) is 5.41 Å². The van der Waals surface area contributed by atoms with Gasteiger partial charge < -0.3 is 9.47 Å². The minimum Gasteiger partial charge on any atom is -0.380 e. The predicted molar refractivity (Wildman–Crippen MR) is 100 cm³/mol. The molecule has 2 aliphatic heterocycles. The Morgan fingerprint density at radius 1 is 1.28 bits per heavy atom. The van der Waals surface area contributed by atoms with Crippen molar-refractivity contribution in [2.45, 2.75) is 13.2 Å². The van der Waals surface area contributed by atoms with E-state index in [0.717, 1.165) is 15.7 Å². The molecular formula is C19H17BrClNO3. The summed E-state index contributed by atoms with van der Waals surface area (Å²) in [4.78, 5) is 14.7. The van der Waals surface area contributed by atoms with E-state index in [4.69, 9.17) is 21.1 Å². The van der Waals surface area contributed by atoms with Crippen LogP contribution in [0, 0.1) is 5.41 Å². The summed E-state index contributed by atoms with van der Waals surface area (Å²) < 4.78 is 12.4. The number of halogens is 2. The number of amides is 1. The molecule has 0 radical (unpaired) electrons. The van der Waals surface area contributed by atoms with E-state index in [-0.39, 0.29) is 11.3 Å². The van der Waals surface area contributed by atoms with Crippen molar-refractivity contribution in [3.63, 3.8) is 0 Å². The topological polar surface area (TPSA) is 38.8 Å². The van der Waals surface area contributed by atoms with Gasteiger partial charge in [-0.25, -0.2) is 0 Å². The molecule has 1 fully saturated rings. The minimum absolute atomic E-state index is 0.00678. The molecule has 2 aromatic rings. The van der Waals surface area contributed by atoms with Gasteiger partial charge in [0.05, 0.1) is 19.8 Å². The Morgan fingerprint density at radius 2 is 2.00 bits per heavy atom. The van der Waals surface area contributed by atoms with Crippen LogP contribution >= 0.6 is 27.5 Å². The molecule has 0 aromatic heterocycles. The van der Waals surface area contributed by atoms with Crippen LogP contribution in [0.4, 0.5) is 5.69 Å². The summed E-state index contributed by atoms with van der Waals surface area (Å²) in [7, 11) is 0. The van der Waals surface area contributed by atoms with Gasteiger partial charge in [-0.2, -0.15) is 0 Å². The van der Waals surface area contributed by atoms with Gasteiger partial charge in [0.1, 0.15) is 0 Å². The maximum atomic E-state index is 13.0. The highest BCUT2D eigenvalue weighted by atomic mass is 79.9. The third-order valence-corrected chi connectivity index (χ3v) is 5.31. The second-order valence-corrected chi connectivity index (χ2v) is 8.20. The van der Waals surface area contributed by atoms with Gasteiger partial charge in [0.15, 0.2) is 6.23 Å². The quantitative estimate of drug-likeness (QED) is 0.709. The molecule has 2 aromatic carbocycles. The molecule has 1 saturated heterocycles. The van der Waals surface area contributed by atoms with E-state index >= 15 is 0 Å². The zero-order valence-corrected chi connectivity index (χ0v) is 16.0.